The lowest BCUT2D eigenvalue weighted by molar-refractivity contribution is 0.617. The predicted octanol–water partition coefficient (Wildman–Crippen LogP) is 2.89. The molecule has 78 valence electrons. The Kier molecular flexibility index (Phi) is 3.23. The van der Waals surface area contributed by atoms with E-state index in [4.69, 9.17) is 11.6 Å². The van der Waals surface area contributed by atoms with Crippen molar-refractivity contribution in [3.63, 3.8) is 0 Å². The first-order valence-electron chi connectivity index (χ1n) is 4.18. The SMILES string of the molecule is Fc1cc(Cl)ccc1CSc1cn[nH]n1. The van der Waals surface area contributed by atoms with Gasteiger partial charge in [0.1, 0.15) is 10.8 Å². The first-order valence-corrected chi connectivity index (χ1v) is 5.54. The van der Waals surface area contributed by atoms with Gasteiger partial charge in [0.15, 0.2) is 0 Å². The highest BCUT2D eigenvalue weighted by atomic mass is 35.5. The molecule has 0 unspecified atom stereocenters. The molecule has 1 aromatic carbocycles. The fourth-order valence-corrected chi connectivity index (χ4v) is 1.98. The predicted molar refractivity (Wildman–Crippen MR) is 57.4 cm³/mol. The number of nitrogens with one attached hydrogen (secondary N) is 1. The number of rotatable bonds is 3. The summed E-state index contributed by atoms with van der Waals surface area (Å²) in [5.41, 5.74) is 0.604. The summed E-state index contributed by atoms with van der Waals surface area (Å²) in [4.78, 5) is 0. The molecule has 2 rings (SSSR count). The van der Waals surface area contributed by atoms with Gasteiger partial charge in [-0.05, 0) is 17.7 Å². The van der Waals surface area contributed by atoms with E-state index in [-0.39, 0.29) is 5.82 Å². The lowest BCUT2D eigenvalue weighted by Crippen LogP contribution is -1.87. The van der Waals surface area contributed by atoms with Crippen molar-refractivity contribution >= 4 is 23.4 Å². The molecule has 0 aliphatic heterocycles. The number of hydrogen-bond acceptors (Lipinski definition) is 3. The molecule has 0 aliphatic carbocycles. The van der Waals surface area contributed by atoms with E-state index in [0.717, 1.165) is 5.03 Å². The van der Waals surface area contributed by atoms with Gasteiger partial charge in [-0.2, -0.15) is 10.3 Å². The van der Waals surface area contributed by atoms with Gasteiger partial charge in [0.2, 0.25) is 0 Å². The van der Waals surface area contributed by atoms with Crippen LogP contribution in [-0.4, -0.2) is 15.4 Å². The first kappa shape index (κ1) is 10.4. The van der Waals surface area contributed by atoms with Crippen LogP contribution in [-0.2, 0) is 5.75 Å². The summed E-state index contributed by atoms with van der Waals surface area (Å²) in [5, 5.41) is 11.2. The van der Waals surface area contributed by atoms with Gasteiger partial charge in [-0.1, -0.05) is 29.4 Å². The average Bonchev–Trinajstić information content (AvgIpc) is 2.69. The van der Waals surface area contributed by atoms with Crippen molar-refractivity contribution in [1.29, 1.82) is 0 Å². The highest BCUT2D eigenvalue weighted by molar-refractivity contribution is 7.98. The van der Waals surface area contributed by atoms with Gasteiger partial charge >= 0.3 is 0 Å². The maximum Gasteiger partial charge on any atom is 0.139 e. The quantitative estimate of drug-likeness (QED) is 0.843. The summed E-state index contributed by atoms with van der Waals surface area (Å²) in [5.74, 6) is 0.216. The molecular formula is C9H7ClFN3S. The number of H-pyrrole nitrogens is 1. The van der Waals surface area contributed by atoms with E-state index in [0.29, 0.717) is 16.3 Å². The Morgan fingerprint density at radius 1 is 1.47 bits per heavy atom. The summed E-state index contributed by atoms with van der Waals surface area (Å²) in [6.07, 6.45) is 1.60. The van der Waals surface area contributed by atoms with E-state index in [1.165, 1.54) is 17.8 Å². The second-order valence-electron chi connectivity index (χ2n) is 2.83. The van der Waals surface area contributed by atoms with Crippen molar-refractivity contribution in [1.82, 2.24) is 15.4 Å². The maximum atomic E-state index is 13.3. The first-order chi connectivity index (χ1) is 7.25. The summed E-state index contributed by atoms with van der Waals surface area (Å²) >= 11 is 7.05. The van der Waals surface area contributed by atoms with E-state index < -0.39 is 0 Å². The van der Waals surface area contributed by atoms with Crippen LogP contribution in [0.5, 0.6) is 0 Å². The summed E-state index contributed by atoms with van der Waals surface area (Å²) < 4.78 is 13.3. The zero-order valence-corrected chi connectivity index (χ0v) is 9.15. The second-order valence-corrected chi connectivity index (χ2v) is 4.26. The number of benzene rings is 1. The number of hydrogen-bond donors (Lipinski definition) is 1. The fourth-order valence-electron chi connectivity index (χ4n) is 1.05. The third-order valence-corrected chi connectivity index (χ3v) is 2.97. The topological polar surface area (TPSA) is 41.6 Å². The van der Waals surface area contributed by atoms with E-state index in [1.807, 2.05) is 0 Å². The van der Waals surface area contributed by atoms with Crippen molar-refractivity contribution in [3.05, 3.63) is 40.8 Å². The molecule has 0 amide bonds. The number of thioether (sulfide) groups is 1. The Balaban J connectivity index is 2.05. The Morgan fingerprint density at radius 3 is 3.00 bits per heavy atom. The van der Waals surface area contributed by atoms with Crippen LogP contribution in [0.2, 0.25) is 5.02 Å². The van der Waals surface area contributed by atoms with Crippen molar-refractivity contribution in [2.24, 2.45) is 0 Å². The van der Waals surface area contributed by atoms with Gasteiger partial charge < -0.3 is 0 Å². The Morgan fingerprint density at radius 2 is 2.33 bits per heavy atom. The zero-order chi connectivity index (χ0) is 10.7. The molecule has 0 bridgehead atoms. The van der Waals surface area contributed by atoms with Crippen LogP contribution in [0.25, 0.3) is 0 Å². The minimum Gasteiger partial charge on any atom is -0.207 e. The van der Waals surface area contributed by atoms with Crippen molar-refractivity contribution < 1.29 is 4.39 Å². The van der Waals surface area contributed by atoms with Crippen LogP contribution in [0.3, 0.4) is 0 Å². The van der Waals surface area contributed by atoms with E-state index in [1.54, 1.807) is 18.3 Å². The Bertz CT molecular complexity index is 447. The highest BCUT2D eigenvalue weighted by Gasteiger charge is 2.04. The van der Waals surface area contributed by atoms with Crippen LogP contribution in [0.1, 0.15) is 5.56 Å². The van der Waals surface area contributed by atoms with Gasteiger partial charge in [0, 0.05) is 10.8 Å². The molecule has 3 nitrogen and oxygen atoms in total. The van der Waals surface area contributed by atoms with Gasteiger partial charge in [0.25, 0.3) is 0 Å². The molecule has 0 saturated carbocycles. The molecule has 15 heavy (non-hydrogen) atoms. The van der Waals surface area contributed by atoms with E-state index in [2.05, 4.69) is 15.4 Å². The molecule has 0 radical (unpaired) electrons. The molecular weight excluding hydrogens is 237 g/mol. The molecule has 6 heteroatoms. The van der Waals surface area contributed by atoms with Gasteiger partial charge in [0.05, 0.1) is 6.20 Å². The lowest BCUT2D eigenvalue weighted by atomic mass is 10.2. The summed E-state index contributed by atoms with van der Waals surface area (Å²) in [6, 6.07) is 4.65. The molecule has 0 spiro atoms. The third kappa shape index (κ3) is 2.70. The second kappa shape index (κ2) is 4.63. The minimum absolute atomic E-state index is 0.293. The largest absolute Gasteiger partial charge is 0.207 e. The zero-order valence-electron chi connectivity index (χ0n) is 7.58. The molecule has 1 N–H and O–H groups in total. The summed E-state index contributed by atoms with van der Waals surface area (Å²) in [7, 11) is 0. The Labute approximate surface area is 95.0 Å². The standard InChI is InChI=1S/C9H7ClFN3S/c10-7-2-1-6(8(11)3-7)5-15-9-4-12-14-13-9/h1-4H,5H2,(H,12,13,14). The van der Waals surface area contributed by atoms with Gasteiger partial charge in [-0.25, -0.2) is 4.39 Å². The van der Waals surface area contributed by atoms with Crippen LogP contribution >= 0.6 is 23.4 Å². The summed E-state index contributed by atoms with van der Waals surface area (Å²) in [6.45, 7) is 0. The maximum absolute atomic E-state index is 13.3. The molecule has 0 aliphatic rings. The van der Waals surface area contributed by atoms with E-state index in [9.17, 15) is 4.39 Å². The Hall–Kier alpha value is -1.07. The van der Waals surface area contributed by atoms with Gasteiger partial charge in [-0.3, -0.25) is 0 Å². The van der Waals surface area contributed by atoms with E-state index >= 15 is 0 Å². The number of aromatic amines is 1. The third-order valence-electron chi connectivity index (χ3n) is 1.78. The molecule has 0 fully saturated rings. The van der Waals surface area contributed by atoms with Crippen LogP contribution in [0.4, 0.5) is 4.39 Å². The number of aromatic nitrogens is 3. The smallest absolute Gasteiger partial charge is 0.139 e. The monoisotopic (exact) mass is 243 g/mol. The van der Waals surface area contributed by atoms with Crippen LogP contribution < -0.4 is 0 Å². The molecule has 2 aromatic rings. The van der Waals surface area contributed by atoms with Crippen molar-refractivity contribution in [2.75, 3.05) is 0 Å². The molecule has 1 heterocycles. The lowest BCUT2D eigenvalue weighted by Gasteiger charge is -2.01. The average molecular weight is 244 g/mol. The molecule has 1 aromatic heterocycles. The number of nitrogens with zero attached hydrogens (tertiary/aromatic N) is 2. The van der Waals surface area contributed by atoms with Crippen LogP contribution in [0.15, 0.2) is 29.4 Å². The van der Waals surface area contributed by atoms with Crippen LogP contribution in [0, 0.1) is 5.82 Å². The van der Waals surface area contributed by atoms with Gasteiger partial charge in [-0.15, -0.1) is 5.10 Å². The fraction of sp³-hybridized carbons (Fsp3) is 0.111. The van der Waals surface area contributed by atoms with Crippen molar-refractivity contribution in [2.45, 2.75) is 10.8 Å². The highest BCUT2D eigenvalue weighted by Crippen LogP contribution is 2.23. The molecule has 0 saturated heterocycles. The number of halogens is 2. The normalized spacial score (nSPS) is 10.5. The van der Waals surface area contributed by atoms with Crippen molar-refractivity contribution in [3.8, 4) is 0 Å². The molecule has 0 atom stereocenters. The minimum atomic E-state index is -0.293.